The van der Waals surface area contributed by atoms with Crippen LogP contribution >= 0.6 is 34.8 Å². The first kappa shape index (κ1) is 22.6. The molecule has 32 heavy (non-hydrogen) atoms. The van der Waals surface area contributed by atoms with E-state index in [0.29, 0.717) is 46.8 Å². The van der Waals surface area contributed by atoms with Crippen molar-refractivity contribution in [1.82, 2.24) is 14.9 Å². The summed E-state index contributed by atoms with van der Waals surface area (Å²) in [6.07, 6.45) is 1.39. The number of rotatable bonds is 4. The molecule has 6 nitrogen and oxygen atoms in total. The normalized spacial score (nSPS) is 16.2. The van der Waals surface area contributed by atoms with Gasteiger partial charge in [0.1, 0.15) is 23.7 Å². The van der Waals surface area contributed by atoms with Crippen LogP contribution in [0.15, 0.2) is 48.8 Å². The summed E-state index contributed by atoms with van der Waals surface area (Å²) in [5, 5.41) is 0.953. The molecule has 166 valence electrons. The van der Waals surface area contributed by atoms with E-state index in [1.807, 2.05) is 11.8 Å². The second-order valence-electron chi connectivity index (χ2n) is 7.31. The van der Waals surface area contributed by atoms with Gasteiger partial charge in [-0.05, 0) is 43.3 Å². The minimum atomic E-state index is -0.452. The van der Waals surface area contributed by atoms with Gasteiger partial charge in [-0.2, -0.15) is 0 Å². The molecule has 1 aromatic heterocycles. The number of carbonyl (C=O) groups excluding carboxylic acids is 1. The second kappa shape index (κ2) is 9.48. The molecule has 2 aromatic carbocycles. The molecule has 1 saturated heterocycles. The number of carbonyl (C=O) groups is 1. The molecule has 1 atom stereocenters. The minimum absolute atomic E-state index is 0.0890. The number of nitrogens with zero attached hydrogens (tertiary/aromatic N) is 4. The van der Waals surface area contributed by atoms with Gasteiger partial charge < -0.3 is 14.5 Å². The van der Waals surface area contributed by atoms with Crippen LogP contribution in [-0.2, 0) is 0 Å². The van der Waals surface area contributed by atoms with Gasteiger partial charge in [-0.25, -0.2) is 14.4 Å². The largest absolute Gasteiger partial charge is 0.437 e. The van der Waals surface area contributed by atoms with Crippen molar-refractivity contribution < 1.29 is 13.9 Å². The van der Waals surface area contributed by atoms with Crippen LogP contribution < -0.4 is 9.64 Å². The Bertz CT molecular complexity index is 1160. The van der Waals surface area contributed by atoms with Crippen molar-refractivity contribution in [2.75, 3.05) is 24.5 Å². The van der Waals surface area contributed by atoms with E-state index in [2.05, 4.69) is 9.97 Å². The molecule has 4 rings (SSSR count). The van der Waals surface area contributed by atoms with E-state index >= 15 is 0 Å². The van der Waals surface area contributed by atoms with Crippen LogP contribution in [0, 0.1) is 5.82 Å². The van der Waals surface area contributed by atoms with E-state index in [-0.39, 0.29) is 22.9 Å². The van der Waals surface area contributed by atoms with E-state index in [9.17, 15) is 9.18 Å². The monoisotopic (exact) mass is 494 g/mol. The van der Waals surface area contributed by atoms with Gasteiger partial charge in [0.05, 0.1) is 15.6 Å². The first-order chi connectivity index (χ1) is 15.3. The fourth-order valence-corrected chi connectivity index (χ4v) is 4.21. The molecule has 0 spiro atoms. The van der Waals surface area contributed by atoms with Gasteiger partial charge in [0.15, 0.2) is 0 Å². The number of aromatic nitrogens is 2. The highest BCUT2D eigenvalue weighted by Gasteiger charge is 2.30. The van der Waals surface area contributed by atoms with Crippen molar-refractivity contribution in [3.8, 4) is 11.6 Å². The third-order valence-corrected chi connectivity index (χ3v) is 5.95. The highest BCUT2D eigenvalue weighted by atomic mass is 35.5. The summed E-state index contributed by atoms with van der Waals surface area (Å²) >= 11 is 18.2. The topological polar surface area (TPSA) is 58.6 Å². The molecule has 0 saturated carbocycles. The van der Waals surface area contributed by atoms with Crippen LogP contribution in [0.2, 0.25) is 15.1 Å². The molecule has 0 aliphatic carbocycles. The van der Waals surface area contributed by atoms with Crippen molar-refractivity contribution in [2.24, 2.45) is 0 Å². The molecule has 0 N–H and O–H groups in total. The maximum Gasteiger partial charge on any atom is 0.255 e. The highest BCUT2D eigenvalue weighted by Crippen LogP contribution is 2.30. The lowest BCUT2D eigenvalue weighted by Crippen LogP contribution is -2.54. The lowest BCUT2D eigenvalue weighted by atomic mass is 10.1. The van der Waals surface area contributed by atoms with E-state index in [4.69, 9.17) is 39.5 Å². The highest BCUT2D eigenvalue weighted by molar-refractivity contribution is 6.36. The number of hydrogen-bond donors (Lipinski definition) is 0. The molecule has 0 unspecified atom stereocenters. The lowest BCUT2D eigenvalue weighted by Gasteiger charge is -2.40. The second-order valence-corrected chi connectivity index (χ2v) is 8.56. The van der Waals surface area contributed by atoms with Crippen molar-refractivity contribution in [2.45, 2.75) is 13.0 Å². The summed E-state index contributed by atoms with van der Waals surface area (Å²) in [7, 11) is 0. The molecule has 3 aromatic rings. The Hall–Kier alpha value is -2.61. The summed E-state index contributed by atoms with van der Waals surface area (Å²) in [6.45, 7) is 3.58. The molecular formula is C22H18Cl3FN4O2. The first-order valence-corrected chi connectivity index (χ1v) is 10.9. The number of ether oxygens (including phenoxy) is 1. The number of hydrogen-bond acceptors (Lipinski definition) is 5. The van der Waals surface area contributed by atoms with Crippen molar-refractivity contribution in [3.05, 3.63) is 75.2 Å². The Kier molecular flexibility index (Phi) is 6.69. The van der Waals surface area contributed by atoms with Crippen molar-refractivity contribution in [3.63, 3.8) is 0 Å². The smallest absolute Gasteiger partial charge is 0.255 e. The zero-order valence-electron chi connectivity index (χ0n) is 16.9. The number of anilines is 1. The third-order valence-electron chi connectivity index (χ3n) is 5.11. The predicted molar refractivity (Wildman–Crippen MR) is 123 cm³/mol. The number of benzene rings is 2. The molecule has 2 heterocycles. The third kappa shape index (κ3) is 4.90. The molecule has 1 fully saturated rings. The van der Waals surface area contributed by atoms with Crippen LogP contribution in [0.1, 0.15) is 17.3 Å². The Balaban J connectivity index is 1.46. The van der Waals surface area contributed by atoms with Gasteiger partial charge >= 0.3 is 0 Å². The average Bonchev–Trinajstić information content (AvgIpc) is 2.75. The standard InChI is InChI=1S/C22H18Cl3FN4O2/c1-13-11-29(6-7-30(13)22(31)16-4-2-14(23)8-17(16)24)20-10-21(28-12-27-20)32-19-5-3-15(26)9-18(19)25/h2-5,8-10,12-13H,6-7,11H2,1H3/t13-/m0/s1. The molecule has 0 radical (unpaired) electrons. The molecule has 1 amide bonds. The Morgan fingerprint density at radius 1 is 1.06 bits per heavy atom. The Morgan fingerprint density at radius 3 is 2.59 bits per heavy atom. The van der Waals surface area contributed by atoms with Gasteiger partial charge in [-0.1, -0.05) is 34.8 Å². The minimum Gasteiger partial charge on any atom is -0.437 e. The van der Waals surface area contributed by atoms with E-state index in [1.54, 1.807) is 29.2 Å². The van der Waals surface area contributed by atoms with E-state index < -0.39 is 5.82 Å². The van der Waals surface area contributed by atoms with Crippen molar-refractivity contribution >= 4 is 46.5 Å². The average molecular weight is 496 g/mol. The number of amides is 1. The molecule has 10 heteroatoms. The van der Waals surface area contributed by atoms with Crippen LogP contribution in [-0.4, -0.2) is 46.5 Å². The van der Waals surface area contributed by atoms with Gasteiger partial charge in [0.25, 0.3) is 5.91 Å². The summed E-state index contributed by atoms with van der Waals surface area (Å²) in [6, 6.07) is 10.3. The fourth-order valence-electron chi connectivity index (χ4n) is 3.51. The van der Waals surface area contributed by atoms with Gasteiger partial charge in [-0.3, -0.25) is 4.79 Å². The van der Waals surface area contributed by atoms with Crippen LogP contribution in [0.5, 0.6) is 11.6 Å². The van der Waals surface area contributed by atoms with Gasteiger partial charge in [0, 0.05) is 36.8 Å². The quantitative estimate of drug-likeness (QED) is 0.463. The zero-order valence-corrected chi connectivity index (χ0v) is 19.2. The summed E-state index contributed by atoms with van der Waals surface area (Å²) < 4.78 is 18.9. The summed E-state index contributed by atoms with van der Waals surface area (Å²) in [5.41, 5.74) is 0.422. The molecule has 1 aliphatic rings. The SMILES string of the molecule is C[C@H]1CN(c2cc(Oc3ccc(F)cc3Cl)ncn2)CCN1C(=O)c1ccc(Cl)cc1Cl. The number of halogens is 4. The van der Waals surface area contributed by atoms with Crippen LogP contribution in [0.3, 0.4) is 0 Å². The Morgan fingerprint density at radius 2 is 1.88 bits per heavy atom. The van der Waals surface area contributed by atoms with Gasteiger partial charge in [0.2, 0.25) is 5.88 Å². The predicted octanol–water partition coefficient (Wildman–Crippen LogP) is 5.72. The molecule has 0 bridgehead atoms. The lowest BCUT2D eigenvalue weighted by molar-refractivity contribution is 0.0674. The maximum atomic E-state index is 13.3. The maximum absolute atomic E-state index is 13.3. The molecule has 1 aliphatic heterocycles. The molecular weight excluding hydrogens is 478 g/mol. The van der Waals surface area contributed by atoms with E-state index in [0.717, 1.165) is 0 Å². The van der Waals surface area contributed by atoms with Gasteiger partial charge in [-0.15, -0.1) is 0 Å². The van der Waals surface area contributed by atoms with Crippen molar-refractivity contribution in [1.29, 1.82) is 0 Å². The number of piperazine rings is 1. The Labute approximate surface area is 199 Å². The summed E-state index contributed by atoms with van der Waals surface area (Å²) in [4.78, 5) is 25.3. The fraction of sp³-hybridized carbons (Fsp3) is 0.227. The van der Waals surface area contributed by atoms with E-state index in [1.165, 1.54) is 24.5 Å². The van der Waals surface area contributed by atoms with Crippen LogP contribution in [0.25, 0.3) is 0 Å². The zero-order chi connectivity index (χ0) is 22.8. The summed E-state index contributed by atoms with van der Waals surface area (Å²) in [5.74, 6) is 0.629. The van der Waals surface area contributed by atoms with Crippen LogP contribution in [0.4, 0.5) is 10.2 Å². The first-order valence-electron chi connectivity index (χ1n) is 9.78.